The molecule has 0 saturated heterocycles. The Labute approximate surface area is 125 Å². The summed E-state index contributed by atoms with van der Waals surface area (Å²) in [6, 6.07) is 3.09. The Morgan fingerprint density at radius 2 is 2.20 bits per heavy atom. The largest absolute Gasteiger partial charge is 0.444 e. The van der Waals surface area contributed by atoms with Gasteiger partial charge in [0.1, 0.15) is 0 Å². The lowest BCUT2D eigenvalue weighted by Gasteiger charge is -2.21. The van der Waals surface area contributed by atoms with Crippen LogP contribution >= 0.6 is 15.9 Å². The van der Waals surface area contributed by atoms with E-state index in [1.165, 1.54) is 18.1 Å². The van der Waals surface area contributed by atoms with Gasteiger partial charge in [0, 0.05) is 20.2 Å². The highest BCUT2D eigenvalue weighted by molar-refractivity contribution is 9.10. The minimum absolute atomic E-state index is 0.121. The predicted octanol–water partition coefficient (Wildman–Crippen LogP) is 0.239. The standard InChI is InChI=1S/C12H17BrN2O5/c1-19-7-5-15(4-6-16)11(17)8-14-12(18)9-2-3-10(13)20-9/h2-3,16H,4-8H2,1H3,(H,14,18). The highest BCUT2D eigenvalue weighted by atomic mass is 79.9. The summed E-state index contributed by atoms with van der Waals surface area (Å²) < 4.78 is 10.4. The molecule has 0 aromatic carbocycles. The molecule has 0 aliphatic heterocycles. The molecule has 0 aliphatic rings. The van der Waals surface area contributed by atoms with Crippen molar-refractivity contribution in [1.29, 1.82) is 0 Å². The third-order valence-electron chi connectivity index (χ3n) is 2.49. The van der Waals surface area contributed by atoms with Gasteiger partial charge in [-0.3, -0.25) is 9.59 Å². The Morgan fingerprint density at radius 3 is 2.75 bits per heavy atom. The van der Waals surface area contributed by atoms with Crippen LogP contribution in [-0.4, -0.2) is 61.8 Å². The maximum Gasteiger partial charge on any atom is 0.287 e. The number of nitrogens with zero attached hydrogens (tertiary/aromatic N) is 1. The van der Waals surface area contributed by atoms with Crippen molar-refractivity contribution in [1.82, 2.24) is 10.2 Å². The first-order valence-corrected chi connectivity index (χ1v) is 6.79. The van der Waals surface area contributed by atoms with E-state index in [0.717, 1.165) is 0 Å². The van der Waals surface area contributed by atoms with Gasteiger partial charge in [0.25, 0.3) is 5.91 Å². The second kappa shape index (κ2) is 8.72. The summed E-state index contributed by atoms with van der Waals surface area (Å²) in [6.07, 6.45) is 0. The van der Waals surface area contributed by atoms with Crippen LogP contribution < -0.4 is 5.32 Å². The van der Waals surface area contributed by atoms with Gasteiger partial charge in [-0.15, -0.1) is 0 Å². The quantitative estimate of drug-likeness (QED) is 0.702. The molecule has 0 atom stereocenters. The average Bonchev–Trinajstić information content (AvgIpc) is 2.87. The fraction of sp³-hybridized carbons (Fsp3) is 0.500. The van der Waals surface area contributed by atoms with Gasteiger partial charge in [-0.2, -0.15) is 0 Å². The zero-order chi connectivity index (χ0) is 15.0. The maximum atomic E-state index is 11.9. The van der Waals surface area contributed by atoms with Crippen LogP contribution in [0, 0.1) is 0 Å². The molecule has 0 bridgehead atoms. The molecule has 1 rings (SSSR count). The van der Waals surface area contributed by atoms with Crippen LogP contribution in [0.3, 0.4) is 0 Å². The molecule has 7 nitrogen and oxygen atoms in total. The molecule has 0 spiro atoms. The summed E-state index contributed by atoms with van der Waals surface area (Å²) in [5.74, 6) is -0.648. The van der Waals surface area contributed by atoms with Crippen LogP contribution in [0.5, 0.6) is 0 Å². The number of furan rings is 1. The fourth-order valence-corrected chi connectivity index (χ4v) is 1.78. The molecule has 1 aromatic rings. The Kier molecular flexibility index (Phi) is 7.27. The molecule has 20 heavy (non-hydrogen) atoms. The lowest BCUT2D eigenvalue weighted by molar-refractivity contribution is -0.131. The van der Waals surface area contributed by atoms with Gasteiger partial charge < -0.3 is 24.5 Å². The van der Waals surface area contributed by atoms with Crippen molar-refractivity contribution in [2.75, 3.05) is 40.0 Å². The Hall–Kier alpha value is -1.38. The van der Waals surface area contributed by atoms with Crippen molar-refractivity contribution in [2.24, 2.45) is 0 Å². The molecule has 2 N–H and O–H groups in total. The second-order valence-corrected chi connectivity index (χ2v) is 4.67. The van der Waals surface area contributed by atoms with E-state index in [9.17, 15) is 9.59 Å². The number of rotatable bonds is 8. The Bertz CT molecular complexity index is 449. The van der Waals surface area contributed by atoms with Crippen LogP contribution in [0.2, 0.25) is 0 Å². The van der Waals surface area contributed by atoms with E-state index < -0.39 is 5.91 Å². The van der Waals surface area contributed by atoms with Crippen molar-refractivity contribution in [3.05, 3.63) is 22.6 Å². The number of carbonyl (C=O) groups excluding carboxylic acids is 2. The highest BCUT2D eigenvalue weighted by Gasteiger charge is 2.16. The minimum atomic E-state index is -0.472. The number of hydrogen-bond donors (Lipinski definition) is 2. The van der Waals surface area contributed by atoms with E-state index in [1.54, 1.807) is 6.07 Å². The maximum absolute atomic E-state index is 11.9. The van der Waals surface area contributed by atoms with Crippen LogP contribution in [0.1, 0.15) is 10.6 Å². The first-order chi connectivity index (χ1) is 9.58. The highest BCUT2D eigenvalue weighted by Crippen LogP contribution is 2.13. The Balaban J connectivity index is 2.45. The number of ether oxygens (including phenoxy) is 1. The van der Waals surface area contributed by atoms with Gasteiger partial charge in [-0.1, -0.05) is 0 Å². The lowest BCUT2D eigenvalue weighted by Crippen LogP contribution is -2.42. The first-order valence-electron chi connectivity index (χ1n) is 5.99. The first kappa shape index (κ1) is 16.7. The van der Waals surface area contributed by atoms with E-state index in [0.29, 0.717) is 17.8 Å². The third-order valence-corrected chi connectivity index (χ3v) is 2.91. The van der Waals surface area contributed by atoms with Gasteiger partial charge in [0.05, 0.1) is 19.8 Å². The van der Waals surface area contributed by atoms with E-state index >= 15 is 0 Å². The topological polar surface area (TPSA) is 92.0 Å². The molecule has 0 fully saturated rings. The molecule has 0 radical (unpaired) electrons. The number of amides is 2. The molecule has 2 amide bonds. The molecule has 0 saturated carbocycles. The molecular formula is C12H17BrN2O5. The monoisotopic (exact) mass is 348 g/mol. The van der Waals surface area contributed by atoms with Crippen LogP contribution in [0.15, 0.2) is 21.2 Å². The smallest absolute Gasteiger partial charge is 0.287 e. The summed E-state index contributed by atoms with van der Waals surface area (Å²) in [4.78, 5) is 25.0. The van der Waals surface area contributed by atoms with E-state index in [1.807, 2.05) is 0 Å². The van der Waals surface area contributed by atoms with E-state index in [4.69, 9.17) is 14.3 Å². The van der Waals surface area contributed by atoms with Gasteiger partial charge in [0.15, 0.2) is 10.4 Å². The number of carbonyl (C=O) groups is 2. The number of aliphatic hydroxyl groups excluding tert-OH is 1. The van der Waals surface area contributed by atoms with Crippen LogP contribution in [-0.2, 0) is 9.53 Å². The minimum Gasteiger partial charge on any atom is -0.444 e. The van der Waals surface area contributed by atoms with E-state index in [-0.39, 0.29) is 31.4 Å². The van der Waals surface area contributed by atoms with Gasteiger partial charge in [-0.05, 0) is 28.1 Å². The van der Waals surface area contributed by atoms with Crippen LogP contribution in [0.4, 0.5) is 0 Å². The third kappa shape index (κ3) is 5.32. The summed E-state index contributed by atoms with van der Waals surface area (Å²) in [5.41, 5.74) is 0. The predicted molar refractivity (Wildman–Crippen MR) is 74.3 cm³/mol. The normalized spacial score (nSPS) is 10.3. The Morgan fingerprint density at radius 1 is 1.45 bits per heavy atom. The fourth-order valence-electron chi connectivity index (χ4n) is 1.47. The number of aliphatic hydroxyl groups is 1. The van der Waals surface area contributed by atoms with Gasteiger partial charge in [0.2, 0.25) is 5.91 Å². The number of methoxy groups -OCH3 is 1. The molecule has 1 aromatic heterocycles. The van der Waals surface area contributed by atoms with Gasteiger partial charge in [-0.25, -0.2) is 0 Å². The molecule has 1 heterocycles. The van der Waals surface area contributed by atoms with Crippen molar-refractivity contribution in [3.8, 4) is 0 Å². The second-order valence-electron chi connectivity index (χ2n) is 3.88. The summed E-state index contributed by atoms with van der Waals surface area (Å²) in [5, 5.41) is 11.4. The zero-order valence-corrected chi connectivity index (χ0v) is 12.7. The SMILES string of the molecule is COCCN(CCO)C(=O)CNC(=O)c1ccc(Br)o1. The number of nitrogens with one attached hydrogen (secondary N) is 1. The molecule has 0 unspecified atom stereocenters. The van der Waals surface area contributed by atoms with Crippen molar-refractivity contribution >= 4 is 27.7 Å². The molecule has 8 heteroatoms. The average molecular weight is 349 g/mol. The number of halogens is 1. The number of hydrogen-bond acceptors (Lipinski definition) is 5. The summed E-state index contributed by atoms with van der Waals surface area (Å²) >= 11 is 3.09. The summed E-state index contributed by atoms with van der Waals surface area (Å²) in [7, 11) is 1.53. The molecule has 112 valence electrons. The van der Waals surface area contributed by atoms with Gasteiger partial charge >= 0.3 is 0 Å². The molecular weight excluding hydrogens is 332 g/mol. The molecule has 0 aliphatic carbocycles. The lowest BCUT2D eigenvalue weighted by atomic mass is 10.4. The van der Waals surface area contributed by atoms with E-state index in [2.05, 4.69) is 21.2 Å². The van der Waals surface area contributed by atoms with Crippen LogP contribution in [0.25, 0.3) is 0 Å². The van der Waals surface area contributed by atoms with Crippen molar-refractivity contribution < 1.29 is 23.8 Å². The summed E-state index contributed by atoms with van der Waals surface area (Å²) in [6.45, 7) is 0.614. The van der Waals surface area contributed by atoms with Crippen molar-refractivity contribution in [3.63, 3.8) is 0 Å². The van der Waals surface area contributed by atoms with Crippen molar-refractivity contribution in [2.45, 2.75) is 0 Å². The zero-order valence-electron chi connectivity index (χ0n) is 11.1.